The number of aromatic nitrogens is 2. The first-order valence-electron chi connectivity index (χ1n) is 4.46. The fourth-order valence-electron chi connectivity index (χ4n) is 0.922. The van der Waals surface area contributed by atoms with Gasteiger partial charge in [-0.05, 0) is 13.8 Å². The molecule has 0 aliphatic rings. The van der Waals surface area contributed by atoms with Gasteiger partial charge in [-0.2, -0.15) is 0 Å². The van der Waals surface area contributed by atoms with Gasteiger partial charge in [-0.15, -0.1) is 0 Å². The van der Waals surface area contributed by atoms with Crippen LogP contribution in [0.2, 0.25) is 0 Å². The fraction of sp³-hybridized carbons (Fsp3) is 0.500. The molecule has 0 aromatic carbocycles. The molecule has 0 aliphatic carbocycles. The predicted molar refractivity (Wildman–Crippen MR) is 53.8 cm³/mol. The maximum atomic E-state index is 11.5. The maximum Gasteiger partial charge on any atom is 0.259 e. The number of sulfonamides is 1. The topological polar surface area (TPSA) is 81.1 Å². The zero-order chi connectivity index (χ0) is 11.5. The van der Waals surface area contributed by atoms with Gasteiger partial charge in [-0.25, -0.2) is 18.1 Å². The molecule has 0 atom stereocenters. The monoisotopic (exact) mass is 231 g/mol. The summed E-state index contributed by atoms with van der Waals surface area (Å²) < 4.78 is 26.9. The van der Waals surface area contributed by atoms with E-state index >= 15 is 0 Å². The van der Waals surface area contributed by atoms with Crippen LogP contribution >= 0.6 is 0 Å². The second-order valence-electron chi connectivity index (χ2n) is 3.07. The van der Waals surface area contributed by atoms with Crippen molar-refractivity contribution < 1.29 is 13.2 Å². The molecule has 0 radical (unpaired) electrons. The number of hydrogen-bond donors (Lipinski definition) is 1. The number of carbonyl (C=O) groups is 1. The molecule has 0 unspecified atom stereocenters. The molecule has 84 valence electrons. The molecule has 15 heavy (non-hydrogen) atoms. The maximum absolute atomic E-state index is 11.5. The Morgan fingerprint density at radius 2 is 2.27 bits per heavy atom. The summed E-state index contributed by atoms with van der Waals surface area (Å²) in [6, 6.07) is 0. The van der Waals surface area contributed by atoms with Crippen molar-refractivity contribution in [1.29, 1.82) is 0 Å². The third kappa shape index (κ3) is 3.14. The Labute approximate surface area is 88.4 Å². The summed E-state index contributed by atoms with van der Waals surface area (Å²) in [6.07, 6.45) is 2.85. The van der Waals surface area contributed by atoms with Gasteiger partial charge in [0.15, 0.2) is 5.03 Å². The molecule has 0 amide bonds. The molecule has 1 heterocycles. The van der Waals surface area contributed by atoms with Crippen LogP contribution in [0.3, 0.4) is 0 Å². The van der Waals surface area contributed by atoms with E-state index in [9.17, 15) is 13.2 Å². The first-order chi connectivity index (χ1) is 6.95. The molecule has 0 saturated heterocycles. The van der Waals surface area contributed by atoms with Crippen LogP contribution in [-0.2, 0) is 21.4 Å². The van der Waals surface area contributed by atoms with Gasteiger partial charge in [-0.3, -0.25) is 4.79 Å². The van der Waals surface area contributed by atoms with E-state index in [1.54, 1.807) is 4.57 Å². The van der Waals surface area contributed by atoms with Crippen LogP contribution in [0.15, 0.2) is 17.6 Å². The quantitative estimate of drug-likeness (QED) is 0.759. The number of nitrogens with zero attached hydrogens (tertiary/aromatic N) is 2. The number of rotatable bonds is 5. The van der Waals surface area contributed by atoms with Crippen molar-refractivity contribution in [2.45, 2.75) is 25.4 Å². The van der Waals surface area contributed by atoms with E-state index in [4.69, 9.17) is 0 Å². The summed E-state index contributed by atoms with van der Waals surface area (Å²) in [5.41, 5.74) is 0. The van der Waals surface area contributed by atoms with Gasteiger partial charge < -0.3 is 4.57 Å². The third-order valence-corrected chi connectivity index (χ3v) is 3.05. The summed E-state index contributed by atoms with van der Waals surface area (Å²) in [6.45, 7) is 3.63. The molecule has 1 aromatic rings. The molecular formula is C8H13N3O3S. The van der Waals surface area contributed by atoms with Crippen LogP contribution < -0.4 is 4.72 Å². The highest BCUT2D eigenvalue weighted by Crippen LogP contribution is 2.04. The Morgan fingerprint density at radius 3 is 2.73 bits per heavy atom. The van der Waals surface area contributed by atoms with Crippen LogP contribution in [0.5, 0.6) is 0 Å². The van der Waals surface area contributed by atoms with Crippen LogP contribution in [-0.4, -0.2) is 30.3 Å². The lowest BCUT2D eigenvalue weighted by Gasteiger charge is -2.00. The average Bonchev–Trinajstić information content (AvgIpc) is 2.63. The third-order valence-electron chi connectivity index (χ3n) is 1.76. The van der Waals surface area contributed by atoms with Crippen molar-refractivity contribution in [2.24, 2.45) is 0 Å². The summed E-state index contributed by atoms with van der Waals surface area (Å²) in [4.78, 5) is 14.4. The lowest BCUT2D eigenvalue weighted by molar-refractivity contribution is -0.115. The van der Waals surface area contributed by atoms with E-state index in [1.807, 2.05) is 6.92 Å². The largest absolute Gasteiger partial charge is 0.336 e. The highest BCUT2D eigenvalue weighted by atomic mass is 32.2. The van der Waals surface area contributed by atoms with E-state index in [0.717, 1.165) is 0 Å². The smallest absolute Gasteiger partial charge is 0.259 e. The molecule has 0 saturated carbocycles. The Bertz CT molecular complexity index is 449. The highest BCUT2D eigenvalue weighted by molar-refractivity contribution is 7.89. The minimum atomic E-state index is -3.65. The molecule has 1 N–H and O–H groups in total. The van der Waals surface area contributed by atoms with Crippen LogP contribution in [0.4, 0.5) is 0 Å². The zero-order valence-corrected chi connectivity index (χ0v) is 9.41. The molecule has 6 nitrogen and oxygen atoms in total. The first-order valence-corrected chi connectivity index (χ1v) is 5.95. The number of ketones is 1. The van der Waals surface area contributed by atoms with Crippen molar-refractivity contribution in [3.63, 3.8) is 0 Å². The molecule has 0 bridgehead atoms. The first kappa shape index (κ1) is 11.9. The number of imidazole rings is 1. The van der Waals surface area contributed by atoms with Gasteiger partial charge in [0.05, 0.1) is 12.9 Å². The van der Waals surface area contributed by atoms with Crippen molar-refractivity contribution in [3.05, 3.63) is 12.5 Å². The lowest BCUT2D eigenvalue weighted by atomic mass is 10.5. The van der Waals surface area contributed by atoms with Gasteiger partial charge in [-0.1, -0.05) is 0 Å². The molecule has 7 heteroatoms. The van der Waals surface area contributed by atoms with E-state index in [1.165, 1.54) is 19.4 Å². The van der Waals surface area contributed by atoms with E-state index < -0.39 is 10.0 Å². The molecule has 1 aromatic heterocycles. The molecule has 1 rings (SSSR count). The van der Waals surface area contributed by atoms with Gasteiger partial charge in [0.1, 0.15) is 5.78 Å². The second-order valence-corrected chi connectivity index (χ2v) is 4.78. The van der Waals surface area contributed by atoms with E-state index in [0.29, 0.717) is 6.54 Å². The standard InChI is InChI=1S/C8H13N3O3S/c1-3-11-5-8(9-6-11)15(13,14)10-4-7(2)12/h5-6,10H,3-4H2,1-2H3. The van der Waals surface area contributed by atoms with Crippen molar-refractivity contribution in [2.75, 3.05) is 6.54 Å². The minimum Gasteiger partial charge on any atom is -0.336 e. The van der Waals surface area contributed by atoms with Crippen LogP contribution in [0.1, 0.15) is 13.8 Å². The lowest BCUT2D eigenvalue weighted by Crippen LogP contribution is -2.28. The van der Waals surface area contributed by atoms with E-state index in [-0.39, 0.29) is 17.4 Å². The molecule has 0 fully saturated rings. The summed E-state index contributed by atoms with van der Waals surface area (Å²) in [5.74, 6) is -0.242. The molecule has 0 aliphatic heterocycles. The molecular weight excluding hydrogens is 218 g/mol. The van der Waals surface area contributed by atoms with Crippen LogP contribution in [0.25, 0.3) is 0 Å². The Hall–Kier alpha value is -1.21. The zero-order valence-electron chi connectivity index (χ0n) is 8.60. The van der Waals surface area contributed by atoms with E-state index in [2.05, 4.69) is 9.71 Å². The fourth-order valence-corrected chi connectivity index (χ4v) is 1.92. The van der Waals surface area contributed by atoms with Crippen molar-refractivity contribution >= 4 is 15.8 Å². The number of aryl methyl sites for hydroxylation is 1. The summed E-state index contributed by atoms with van der Waals surface area (Å²) in [7, 11) is -3.65. The van der Waals surface area contributed by atoms with Crippen molar-refractivity contribution in [1.82, 2.24) is 14.3 Å². The Morgan fingerprint density at radius 1 is 1.60 bits per heavy atom. The van der Waals surface area contributed by atoms with Gasteiger partial charge in [0, 0.05) is 12.7 Å². The summed E-state index contributed by atoms with van der Waals surface area (Å²) in [5, 5.41) is -0.0643. The normalized spacial score (nSPS) is 11.6. The predicted octanol–water partition coefficient (Wildman–Crippen LogP) is -0.230. The number of Topliss-reactive ketones (excluding diaryl/α,β-unsaturated/α-hetero) is 1. The van der Waals surface area contributed by atoms with Gasteiger partial charge in [0.2, 0.25) is 0 Å². The van der Waals surface area contributed by atoms with Gasteiger partial charge >= 0.3 is 0 Å². The Kier molecular flexibility index (Phi) is 3.59. The second kappa shape index (κ2) is 4.54. The molecule has 0 spiro atoms. The number of hydrogen-bond acceptors (Lipinski definition) is 4. The highest BCUT2D eigenvalue weighted by Gasteiger charge is 2.16. The Balaban J connectivity index is 2.81. The SMILES string of the molecule is CCn1cnc(S(=O)(=O)NCC(C)=O)c1. The van der Waals surface area contributed by atoms with Gasteiger partial charge in [0.25, 0.3) is 10.0 Å². The number of carbonyl (C=O) groups excluding carboxylic acids is 1. The van der Waals surface area contributed by atoms with Crippen molar-refractivity contribution in [3.8, 4) is 0 Å². The minimum absolute atomic E-state index is 0.0643. The average molecular weight is 231 g/mol. The number of nitrogens with one attached hydrogen (secondary N) is 1. The summed E-state index contributed by atoms with van der Waals surface area (Å²) >= 11 is 0. The van der Waals surface area contributed by atoms with Crippen LogP contribution in [0, 0.1) is 0 Å².